The van der Waals surface area contributed by atoms with E-state index in [0.717, 1.165) is 27.3 Å². The van der Waals surface area contributed by atoms with Crippen molar-refractivity contribution in [3.63, 3.8) is 0 Å². The summed E-state index contributed by atoms with van der Waals surface area (Å²) in [5.74, 6) is -0.843. The number of likely N-dealkylation sites (N-methyl/N-ethyl adjacent to an activating group) is 1. The fraction of sp³-hybridized carbons (Fsp3) is 0.286. The number of sulfonamides is 1. The zero-order chi connectivity index (χ0) is 27.2. The van der Waals surface area contributed by atoms with E-state index in [0.29, 0.717) is 16.3 Å². The van der Waals surface area contributed by atoms with Gasteiger partial charge >= 0.3 is 0 Å². The van der Waals surface area contributed by atoms with Gasteiger partial charge in [-0.1, -0.05) is 77.8 Å². The number of hydrogen-bond donors (Lipinski definition) is 1. The van der Waals surface area contributed by atoms with Crippen molar-refractivity contribution < 1.29 is 18.0 Å². The summed E-state index contributed by atoms with van der Waals surface area (Å²) in [5, 5.41) is 3.02. The molecule has 0 aliphatic rings. The van der Waals surface area contributed by atoms with Crippen LogP contribution in [0.1, 0.15) is 22.3 Å². The molecule has 0 unspecified atom stereocenters. The van der Waals surface area contributed by atoms with E-state index in [-0.39, 0.29) is 18.9 Å². The highest BCUT2D eigenvalue weighted by Crippen LogP contribution is 2.27. The van der Waals surface area contributed by atoms with E-state index in [1.807, 2.05) is 61.5 Å². The first-order valence-corrected chi connectivity index (χ1v) is 14.1. The number of amides is 2. The van der Waals surface area contributed by atoms with Gasteiger partial charge in [0, 0.05) is 25.0 Å². The Bertz CT molecular complexity index is 1350. The topological polar surface area (TPSA) is 86.8 Å². The van der Waals surface area contributed by atoms with Gasteiger partial charge in [0.25, 0.3) is 0 Å². The maximum atomic E-state index is 13.9. The standard InChI is InChI=1S/C28H32ClN3O4S/c1-20-10-13-23(14-11-20)18-31(26(28(34)30-3)16-22-8-6-5-7-9-22)27(33)19-32(37(4,35)36)25-17-24(29)15-12-21(25)2/h5-15,17,26H,16,18-19H2,1-4H3,(H,30,34)/t26-/m0/s1. The number of aryl methyl sites for hydroxylation is 2. The van der Waals surface area contributed by atoms with Gasteiger partial charge < -0.3 is 10.2 Å². The molecule has 0 fully saturated rings. The van der Waals surface area contributed by atoms with Crippen LogP contribution in [0.3, 0.4) is 0 Å². The lowest BCUT2D eigenvalue weighted by Gasteiger charge is -2.33. The molecular formula is C28H32ClN3O4S. The van der Waals surface area contributed by atoms with Gasteiger partial charge in [0.2, 0.25) is 21.8 Å². The number of anilines is 1. The molecule has 0 spiro atoms. The molecule has 0 bridgehead atoms. The molecule has 196 valence electrons. The molecule has 1 atom stereocenters. The molecular weight excluding hydrogens is 510 g/mol. The lowest BCUT2D eigenvalue weighted by atomic mass is 10.0. The molecule has 0 radical (unpaired) electrons. The molecule has 1 N–H and O–H groups in total. The summed E-state index contributed by atoms with van der Waals surface area (Å²) in [4.78, 5) is 28.5. The Kier molecular flexibility index (Phi) is 9.34. The fourth-order valence-electron chi connectivity index (χ4n) is 4.06. The van der Waals surface area contributed by atoms with E-state index in [4.69, 9.17) is 11.6 Å². The molecule has 0 aliphatic heterocycles. The lowest BCUT2D eigenvalue weighted by Crippen LogP contribution is -2.53. The zero-order valence-electron chi connectivity index (χ0n) is 21.4. The van der Waals surface area contributed by atoms with Crippen LogP contribution < -0.4 is 9.62 Å². The third-order valence-corrected chi connectivity index (χ3v) is 7.47. The second-order valence-corrected chi connectivity index (χ2v) is 11.4. The molecule has 3 rings (SSSR count). The third kappa shape index (κ3) is 7.57. The molecule has 0 aliphatic carbocycles. The predicted octanol–water partition coefficient (Wildman–Crippen LogP) is 4.11. The number of carbonyl (C=O) groups excluding carboxylic acids is 2. The number of benzene rings is 3. The summed E-state index contributed by atoms with van der Waals surface area (Å²) in [7, 11) is -2.33. The Hall–Kier alpha value is -3.36. The maximum absolute atomic E-state index is 13.9. The van der Waals surface area contributed by atoms with Gasteiger partial charge in [-0.2, -0.15) is 0 Å². The van der Waals surface area contributed by atoms with Crippen molar-refractivity contribution >= 4 is 39.1 Å². The summed E-state index contributed by atoms with van der Waals surface area (Å²) in [6, 6.07) is 21.1. The Morgan fingerprint density at radius 3 is 2.19 bits per heavy atom. The zero-order valence-corrected chi connectivity index (χ0v) is 23.0. The summed E-state index contributed by atoms with van der Waals surface area (Å²) < 4.78 is 26.7. The minimum absolute atomic E-state index is 0.135. The van der Waals surface area contributed by atoms with Gasteiger partial charge in [-0.3, -0.25) is 13.9 Å². The summed E-state index contributed by atoms with van der Waals surface area (Å²) in [5.41, 5.74) is 3.74. The highest BCUT2D eigenvalue weighted by Gasteiger charge is 2.33. The average molecular weight is 542 g/mol. The Morgan fingerprint density at radius 1 is 0.946 bits per heavy atom. The highest BCUT2D eigenvalue weighted by atomic mass is 35.5. The van der Waals surface area contributed by atoms with Crippen molar-refractivity contribution in [3.05, 3.63) is 100 Å². The molecule has 37 heavy (non-hydrogen) atoms. The van der Waals surface area contributed by atoms with Crippen LogP contribution in [-0.4, -0.2) is 51.0 Å². The van der Waals surface area contributed by atoms with Crippen molar-refractivity contribution in [3.8, 4) is 0 Å². The molecule has 0 saturated carbocycles. The number of hydrogen-bond acceptors (Lipinski definition) is 4. The second kappa shape index (κ2) is 12.3. The highest BCUT2D eigenvalue weighted by molar-refractivity contribution is 7.92. The Morgan fingerprint density at radius 2 is 1.59 bits per heavy atom. The van der Waals surface area contributed by atoms with E-state index >= 15 is 0 Å². The normalized spacial score (nSPS) is 12.0. The van der Waals surface area contributed by atoms with E-state index in [1.54, 1.807) is 19.1 Å². The molecule has 3 aromatic rings. The first-order chi connectivity index (χ1) is 17.5. The van der Waals surface area contributed by atoms with Crippen LogP contribution in [0.15, 0.2) is 72.8 Å². The minimum atomic E-state index is -3.85. The van der Waals surface area contributed by atoms with Crippen molar-refractivity contribution in [2.75, 3.05) is 24.2 Å². The molecule has 0 aromatic heterocycles. The van der Waals surface area contributed by atoms with E-state index in [9.17, 15) is 18.0 Å². The molecule has 7 nitrogen and oxygen atoms in total. The minimum Gasteiger partial charge on any atom is -0.357 e. The van der Waals surface area contributed by atoms with E-state index in [1.165, 1.54) is 18.0 Å². The Balaban J connectivity index is 2.04. The van der Waals surface area contributed by atoms with E-state index in [2.05, 4.69) is 5.32 Å². The van der Waals surface area contributed by atoms with Gasteiger partial charge in [-0.05, 0) is 42.7 Å². The van der Waals surface area contributed by atoms with Gasteiger partial charge in [0.1, 0.15) is 12.6 Å². The van der Waals surface area contributed by atoms with Gasteiger partial charge in [0.15, 0.2) is 0 Å². The Labute approximate surface area is 224 Å². The average Bonchev–Trinajstić information content (AvgIpc) is 2.86. The second-order valence-electron chi connectivity index (χ2n) is 9.03. The number of carbonyl (C=O) groups is 2. The molecule has 0 heterocycles. The summed E-state index contributed by atoms with van der Waals surface area (Å²) >= 11 is 6.16. The first-order valence-electron chi connectivity index (χ1n) is 11.8. The van der Waals surface area contributed by atoms with Crippen LogP contribution in [0, 0.1) is 13.8 Å². The van der Waals surface area contributed by atoms with Crippen LogP contribution >= 0.6 is 11.6 Å². The number of nitrogens with one attached hydrogen (secondary N) is 1. The predicted molar refractivity (Wildman–Crippen MR) is 148 cm³/mol. The van der Waals surface area contributed by atoms with Crippen LogP contribution in [0.4, 0.5) is 5.69 Å². The lowest BCUT2D eigenvalue weighted by molar-refractivity contribution is -0.139. The molecule has 0 saturated heterocycles. The summed E-state index contributed by atoms with van der Waals surface area (Å²) in [6.45, 7) is 3.37. The van der Waals surface area contributed by atoms with E-state index < -0.39 is 28.5 Å². The quantitative estimate of drug-likeness (QED) is 0.418. The van der Waals surface area contributed by atoms with Crippen LogP contribution in [0.25, 0.3) is 0 Å². The molecule has 2 amide bonds. The number of rotatable bonds is 10. The maximum Gasteiger partial charge on any atom is 0.244 e. The van der Waals surface area contributed by atoms with Gasteiger partial charge in [-0.15, -0.1) is 0 Å². The number of halogens is 1. The van der Waals surface area contributed by atoms with Crippen LogP contribution in [-0.2, 0) is 32.6 Å². The number of nitrogens with zero attached hydrogens (tertiary/aromatic N) is 2. The molecule has 3 aromatic carbocycles. The first kappa shape index (κ1) is 28.2. The van der Waals surface area contributed by atoms with Crippen molar-refractivity contribution in [1.82, 2.24) is 10.2 Å². The van der Waals surface area contributed by atoms with Crippen LogP contribution in [0.2, 0.25) is 5.02 Å². The summed E-state index contributed by atoms with van der Waals surface area (Å²) in [6.07, 6.45) is 1.32. The van der Waals surface area contributed by atoms with Crippen molar-refractivity contribution in [2.24, 2.45) is 0 Å². The van der Waals surface area contributed by atoms with Crippen molar-refractivity contribution in [1.29, 1.82) is 0 Å². The van der Waals surface area contributed by atoms with Crippen LogP contribution in [0.5, 0.6) is 0 Å². The van der Waals surface area contributed by atoms with Gasteiger partial charge in [0.05, 0.1) is 11.9 Å². The molecule has 9 heteroatoms. The van der Waals surface area contributed by atoms with Crippen molar-refractivity contribution in [2.45, 2.75) is 32.9 Å². The third-order valence-electron chi connectivity index (χ3n) is 6.11. The monoisotopic (exact) mass is 541 g/mol. The largest absolute Gasteiger partial charge is 0.357 e. The fourth-order valence-corrected chi connectivity index (χ4v) is 5.12. The smallest absolute Gasteiger partial charge is 0.244 e. The van der Waals surface area contributed by atoms with Gasteiger partial charge in [-0.25, -0.2) is 8.42 Å². The SMILES string of the molecule is CNC(=O)[C@H](Cc1ccccc1)N(Cc1ccc(C)cc1)C(=O)CN(c1cc(Cl)ccc1C)S(C)(=O)=O.